The van der Waals surface area contributed by atoms with E-state index in [1.807, 2.05) is 31.2 Å². The third kappa shape index (κ3) is 5.06. The topological polar surface area (TPSA) is 78.8 Å². The van der Waals surface area contributed by atoms with Crippen LogP contribution in [-0.2, 0) is 14.8 Å². The van der Waals surface area contributed by atoms with Crippen LogP contribution in [-0.4, -0.2) is 37.9 Å². The highest BCUT2D eigenvalue weighted by Crippen LogP contribution is 2.24. The van der Waals surface area contributed by atoms with Gasteiger partial charge in [-0.3, -0.25) is 4.79 Å². The number of piperidine rings is 1. The zero-order chi connectivity index (χ0) is 20.1. The molecule has 1 aliphatic rings. The number of hydrogen-bond acceptors (Lipinski definition) is 4. The third-order valence-corrected chi connectivity index (χ3v) is 7.13. The summed E-state index contributed by atoms with van der Waals surface area (Å²) in [7, 11) is -3.52. The van der Waals surface area contributed by atoms with Crippen LogP contribution in [0.3, 0.4) is 0 Å². The van der Waals surface area contributed by atoms with E-state index in [0.717, 1.165) is 15.6 Å². The van der Waals surface area contributed by atoms with E-state index in [-0.39, 0.29) is 11.8 Å². The van der Waals surface area contributed by atoms with Gasteiger partial charge in [0.25, 0.3) is 0 Å². The molecule has 1 saturated heterocycles. The lowest BCUT2D eigenvalue weighted by molar-refractivity contribution is -0.126. The number of nitrogens with one attached hydrogen (secondary N) is 1. The number of hydrazone groups is 1. The van der Waals surface area contributed by atoms with E-state index in [2.05, 4.69) is 26.5 Å². The van der Waals surface area contributed by atoms with Crippen molar-refractivity contribution in [2.24, 2.45) is 11.0 Å². The molecule has 0 atom stereocenters. The lowest BCUT2D eigenvalue weighted by atomic mass is 9.98. The molecule has 0 spiro atoms. The van der Waals surface area contributed by atoms with Crippen molar-refractivity contribution < 1.29 is 13.2 Å². The van der Waals surface area contributed by atoms with Crippen molar-refractivity contribution in [2.75, 3.05) is 13.1 Å². The molecule has 3 rings (SSSR count). The van der Waals surface area contributed by atoms with Crippen molar-refractivity contribution in [3.05, 3.63) is 64.1 Å². The largest absolute Gasteiger partial charge is 0.273 e. The molecule has 6 nitrogen and oxygen atoms in total. The Labute approximate surface area is 173 Å². The number of carbonyl (C=O) groups excluding carboxylic acids is 1. The number of hydrogen-bond donors (Lipinski definition) is 1. The summed E-state index contributed by atoms with van der Waals surface area (Å²) in [6.45, 7) is 2.56. The molecule has 1 aliphatic heterocycles. The van der Waals surface area contributed by atoms with Gasteiger partial charge in [0.1, 0.15) is 0 Å². The normalized spacial score (nSPS) is 16.4. The number of aryl methyl sites for hydroxylation is 1. The highest BCUT2D eigenvalue weighted by molar-refractivity contribution is 9.10. The van der Waals surface area contributed by atoms with Gasteiger partial charge in [-0.15, -0.1) is 0 Å². The molecule has 2 aromatic rings. The molecule has 0 radical (unpaired) electrons. The van der Waals surface area contributed by atoms with E-state index in [1.54, 1.807) is 30.5 Å². The molecule has 28 heavy (non-hydrogen) atoms. The Morgan fingerprint density at radius 1 is 1.18 bits per heavy atom. The van der Waals surface area contributed by atoms with Crippen LogP contribution in [0.4, 0.5) is 0 Å². The summed E-state index contributed by atoms with van der Waals surface area (Å²) >= 11 is 3.38. The van der Waals surface area contributed by atoms with Gasteiger partial charge in [-0.2, -0.15) is 9.41 Å². The van der Waals surface area contributed by atoms with Crippen molar-refractivity contribution in [3.63, 3.8) is 0 Å². The number of amides is 1. The Morgan fingerprint density at radius 2 is 1.86 bits per heavy atom. The first-order valence-corrected chi connectivity index (χ1v) is 11.2. The van der Waals surface area contributed by atoms with Gasteiger partial charge >= 0.3 is 0 Å². The van der Waals surface area contributed by atoms with Crippen LogP contribution in [0, 0.1) is 12.8 Å². The number of nitrogens with zero attached hydrogens (tertiary/aromatic N) is 2. The second kappa shape index (κ2) is 8.98. The van der Waals surface area contributed by atoms with E-state index in [4.69, 9.17) is 0 Å². The molecule has 148 valence electrons. The molecule has 1 heterocycles. The average molecular weight is 464 g/mol. The minimum Gasteiger partial charge on any atom is -0.273 e. The van der Waals surface area contributed by atoms with Gasteiger partial charge in [0.2, 0.25) is 15.9 Å². The molecule has 0 bridgehead atoms. The van der Waals surface area contributed by atoms with Crippen LogP contribution >= 0.6 is 15.9 Å². The first-order chi connectivity index (χ1) is 13.4. The SMILES string of the molecule is Cc1ccc(S(=O)(=O)N2CCC(C(=O)N/N=C/c3cccc(Br)c3)CC2)cc1. The highest BCUT2D eigenvalue weighted by atomic mass is 79.9. The predicted octanol–water partition coefficient (Wildman–Crippen LogP) is 3.31. The van der Waals surface area contributed by atoms with E-state index < -0.39 is 10.0 Å². The van der Waals surface area contributed by atoms with Crippen molar-refractivity contribution in [2.45, 2.75) is 24.7 Å². The van der Waals surface area contributed by atoms with Gasteiger partial charge in [-0.25, -0.2) is 13.8 Å². The van der Waals surface area contributed by atoms with Crippen LogP contribution < -0.4 is 5.43 Å². The first-order valence-electron chi connectivity index (χ1n) is 9.01. The smallest absolute Gasteiger partial charge is 0.243 e. The Hall–Kier alpha value is -2.03. The van der Waals surface area contributed by atoms with Crippen LogP contribution in [0.15, 0.2) is 63.0 Å². The van der Waals surface area contributed by atoms with Crippen LogP contribution in [0.25, 0.3) is 0 Å². The minimum atomic E-state index is -3.52. The number of carbonyl (C=O) groups is 1. The summed E-state index contributed by atoms with van der Waals surface area (Å²) < 4.78 is 27.8. The zero-order valence-electron chi connectivity index (χ0n) is 15.5. The number of halogens is 1. The molecular formula is C20H22BrN3O3S. The van der Waals surface area contributed by atoms with E-state index in [1.165, 1.54) is 4.31 Å². The summed E-state index contributed by atoms with van der Waals surface area (Å²) in [6, 6.07) is 14.4. The molecule has 8 heteroatoms. The number of rotatable bonds is 5. The second-order valence-electron chi connectivity index (χ2n) is 6.78. The molecule has 1 fully saturated rings. The molecule has 0 aromatic heterocycles. The third-order valence-electron chi connectivity index (χ3n) is 4.72. The van der Waals surface area contributed by atoms with Gasteiger partial charge in [0, 0.05) is 23.5 Å². The van der Waals surface area contributed by atoms with Gasteiger partial charge < -0.3 is 0 Å². The minimum absolute atomic E-state index is 0.182. The molecule has 2 aromatic carbocycles. The average Bonchev–Trinajstić information content (AvgIpc) is 2.68. The first kappa shape index (κ1) is 20.7. The summed E-state index contributed by atoms with van der Waals surface area (Å²) in [4.78, 5) is 12.6. The Bertz CT molecular complexity index is 966. The summed E-state index contributed by atoms with van der Waals surface area (Å²) in [5, 5.41) is 4.00. The van der Waals surface area contributed by atoms with Crippen LogP contribution in [0.1, 0.15) is 24.0 Å². The van der Waals surface area contributed by atoms with Crippen LogP contribution in [0.2, 0.25) is 0 Å². The van der Waals surface area contributed by atoms with Gasteiger partial charge in [0.05, 0.1) is 11.1 Å². The molecule has 0 unspecified atom stereocenters. The lowest BCUT2D eigenvalue weighted by Crippen LogP contribution is -2.42. The maximum atomic E-state index is 12.7. The number of benzene rings is 2. The molecule has 1 N–H and O–H groups in total. The van der Waals surface area contributed by atoms with E-state index in [9.17, 15) is 13.2 Å². The summed E-state index contributed by atoms with van der Waals surface area (Å²) in [5.41, 5.74) is 4.44. The Balaban J connectivity index is 1.54. The van der Waals surface area contributed by atoms with Gasteiger partial charge in [0.15, 0.2) is 0 Å². The lowest BCUT2D eigenvalue weighted by Gasteiger charge is -2.30. The fourth-order valence-electron chi connectivity index (χ4n) is 3.07. The van der Waals surface area contributed by atoms with Crippen molar-refractivity contribution in [3.8, 4) is 0 Å². The van der Waals surface area contributed by atoms with Crippen molar-refractivity contribution >= 4 is 38.1 Å². The predicted molar refractivity (Wildman–Crippen MR) is 113 cm³/mol. The van der Waals surface area contributed by atoms with Crippen molar-refractivity contribution in [1.29, 1.82) is 0 Å². The van der Waals surface area contributed by atoms with E-state index in [0.29, 0.717) is 30.8 Å². The number of sulfonamides is 1. The highest BCUT2D eigenvalue weighted by Gasteiger charge is 2.31. The van der Waals surface area contributed by atoms with Crippen LogP contribution in [0.5, 0.6) is 0 Å². The summed E-state index contributed by atoms with van der Waals surface area (Å²) in [5.74, 6) is -0.428. The zero-order valence-corrected chi connectivity index (χ0v) is 17.9. The molecule has 0 saturated carbocycles. The van der Waals surface area contributed by atoms with E-state index >= 15 is 0 Å². The molecule has 0 aliphatic carbocycles. The molecule has 1 amide bonds. The van der Waals surface area contributed by atoms with Gasteiger partial charge in [-0.1, -0.05) is 45.8 Å². The second-order valence-corrected chi connectivity index (χ2v) is 9.63. The van der Waals surface area contributed by atoms with Crippen molar-refractivity contribution in [1.82, 2.24) is 9.73 Å². The fraction of sp³-hybridized carbons (Fsp3) is 0.300. The maximum absolute atomic E-state index is 12.7. The van der Waals surface area contributed by atoms with Gasteiger partial charge in [-0.05, 0) is 49.6 Å². The monoisotopic (exact) mass is 463 g/mol. The Kier molecular flexibility index (Phi) is 6.64. The standard InChI is InChI=1S/C20H22BrN3O3S/c1-15-5-7-19(8-6-15)28(26,27)24-11-9-17(10-12-24)20(25)23-22-14-16-3-2-4-18(21)13-16/h2-8,13-14,17H,9-12H2,1H3,(H,23,25)/b22-14+. The summed E-state index contributed by atoms with van der Waals surface area (Å²) in [6.07, 6.45) is 2.53. The quantitative estimate of drug-likeness (QED) is 0.545. The Morgan fingerprint density at radius 3 is 2.50 bits per heavy atom. The maximum Gasteiger partial charge on any atom is 0.243 e. The molecular weight excluding hydrogens is 442 g/mol. The fourth-order valence-corrected chi connectivity index (χ4v) is 4.95.